The van der Waals surface area contributed by atoms with Crippen LogP contribution in [0.1, 0.15) is 18.2 Å². The molecule has 5 nitrogen and oxygen atoms in total. The number of imidazole rings is 1. The molecule has 0 amide bonds. The predicted octanol–water partition coefficient (Wildman–Crippen LogP) is 4.63. The van der Waals surface area contributed by atoms with Gasteiger partial charge in [0, 0.05) is 30.3 Å². The summed E-state index contributed by atoms with van der Waals surface area (Å²) < 4.78 is 19.7. The first-order chi connectivity index (χ1) is 12.6. The van der Waals surface area contributed by atoms with Crippen LogP contribution in [0.3, 0.4) is 0 Å². The van der Waals surface area contributed by atoms with Crippen LogP contribution in [0.15, 0.2) is 42.6 Å². The lowest BCUT2D eigenvalue weighted by molar-refractivity contribution is 0.628. The molecule has 3 heterocycles. The summed E-state index contributed by atoms with van der Waals surface area (Å²) in [6.45, 7) is 4.16. The van der Waals surface area contributed by atoms with Crippen molar-refractivity contribution in [3.8, 4) is 11.4 Å². The van der Waals surface area contributed by atoms with Crippen LogP contribution in [0.4, 0.5) is 15.3 Å². The standard InChI is InChI=1S/C19H18FN5S/c1-4-15-18(25-11-12(2)5-10-16(25)21-15)24(3)19-22-17(23-26-19)13-6-8-14(20)9-7-13/h5-11H,4H2,1-3H3. The maximum atomic E-state index is 13.1. The van der Waals surface area contributed by atoms with E-state index in [4.69, 9.17) is 4.98 Å². The first kappa shape index (κ1) is 16.7. The lowest BCUT2D eigenvalue weighted by atomic mass is 10.2. The second kappa shape index (κ2) is 6.49. The van der Waals surface area contributed by atoms with Crippen LogP contribution in [0.25, 0.3) is 17.0 Å². The van der Waals surface area contributed by atoms with Crippen molar-refractivity contribution in [3.05, 3.63) is 59.7 Å². The van der Waals surface area contributed by atoms with Crippen LogP contribution in [0, 0.1) is 12.7 Å². The Bertz CT molecular complexity index is 1070. The van der Waals surface area contributed by atoms with Gasteiger partial charge in [-0.2, -0.15) is 9.36 Å². The SMILES string of the molecule is CCc1nc2ccc(C)cn2c1N(C)c1nc(-c2ccc(F)cc2)ns1. The second-order valence-corrected chi connectivity index (χ2v) is 6.87. The number of aryl methyl sites for hydroxylation is 2. The number of pyridine rings is 1. The van der Waals surface area contributed by atoms with Crippen LogP contribution >= 0.6 is 11.5 Å². The average molecular weight is 367 g/mol. The molecule has 0 bridgehead atoms. The van der Waals surface area contributed by atoms with Crippen molar-refractivity contribution in [2.75, 3.05) is 11.9 Å². The first-order valence-corrected chi connectivity index (χ1v) is 9.15. The number of benzene rings is 1. The van der Waals surface area contributed by atoms with Crippen molar-refractivity contribution in [1.29, 1.82) is 0 Å². The summed E-state index contributed by atoms with van der Waals surface area (Å²) in [7, 11) is 1.97. The minimum Gasteiger partial charge on any atom is -0.304 e. The van der Waals surface area contributed by atoms with Gasteiger partial charge in [0.15, 0.2) is 5.82 Å². The van der Waals surface area contributed by atoms with Gasteiger partial charge in [-0.1, -0.05) is 13.0 Å². The van der Waals surface area contributed by atoms with E-state index in [0.29, 0.717) is 5.82 Å². The molecule has 0 atom stereocenters. The molecule has 0 unspecified atom stereocenters. The minimum absolute atomic E-state index is 0.269. The quantitative estimate of drug-likeness (QED) is 0.528. The Balaban J connectivity index is 1.76. The molecular weight excluding hydrogens is 349 g/mol. The van der Waals surface area contributed by atoms with E-state index in [0.717, 1.165) is 39.8 Å². The van der Waals surface area contributed by atoms with Crippen LogP contribution in [0.2, 0.25) is 0 Å². The lowest BCUT2D eigenvalue weighted by Gasteiger charge is -2.16. The maximum absolute atomic E-state index is 13.1. The largest absolute Gasteiger partial charge is 0.304 e. The highest BCUT2D eigenvalue weighted by Crippen LogP contribution is 2.31. The molecule has 4 rings (SSSR count). The zero-order valence-electron chi connectivity index (χ0n) is 14.8. The smallest absolute Gasteiger partial charge is 0.210 e. The van der Waals surface area contributed by atoms with Gasteiger partial charge in [0.25, 0.3) is 0 Å². The number of hydrogen-bond donors (Lipinski definition) is 0. The van der Waals surface area contributed by atoms with Gasteiger partial charge in [-0.05, 0) is 49.2 Å². The Labute approximate surface area is 154 Å². The highest BCUT2D eigenvalue weighted by molar-refractivity contribution is 7.10. The van der Waals surface area contributed by atoms with E-state index in [9.17, 15) is 4.39 Å². The lowest BCUT2D eigenvalue weighted by Crippen LogP contribution is -2.13. The summed E-state index contributed by atoms with van der Waals surface area (Å²) >= 11 is 1.32. The van der Waals surface area contributed by atoms with E-state index < -0.39 is 0 Å². The fraction of sp³-hybridized carbons (Fsp3) is 0.211. The van der Waals surface area contributed by atoms with Crippen LogP contribution in [0.5, 0.6) is 0 Å². The van der Waals surface area contributed by atoms with Crippen molar-refractivity contribution >= 4 is 28.1 Å². The van der Waals surface area contributed by atoms with Gasteiger partial charge in [0.1, 0.15) is 17.3 Å². The van der Waals surface area contributed by atoms with Crippen molar-refractivity contribution in [2.45, 2.75) is 20.3 Å². The van der Waals surface area contributed by atoms with Gasteiger partial charge in [-0.25, -0.2) is 9.37 Å². The first-order valence-electron chi connectivity index (χ1n) is 8.37. The van der Waals surface area contributed by atoms with Crippen LogP contribution in [-0.2, 0) is 6.42 Å². The summed E-state index contributed by atoms with van der Waals surface area (Å²) in [6.07, 6.45) is 2.90. The third-order valence-corrected chi connectivity index (χ3v) is 5.06. The number of aromatic nitrogens is 4. The molecule has 0 aliphatic rings. The summed E-state index contributed by atoms with van der Waals surface area (Å²) in [5.41, 5.74) is 3.89. The molecule has 0 aliphatic carbocycles. The second-order valence-electron chi connectivity index (χ2n) is 6.14. The summed E-state index contributed by atoms with van der Waals surface area (Å²) in [5, 5.41) is 0.766. The molecular formula is C19H18FN5S. The topological polar surface area (TPSA) is 46.3 Å². The van der Waals surface area contributed by atoms with E-state index in [1.807, 2.05) is 18.0 Å². The van der Waals surface area contributed by atoms with E-state index in [-0.39, 0.29) is 5.82 Å². The van der Waals surface area contributed by atoms with E-state index in [1.165, 1.54) is 23.7 Å². The van der Waals surface area contributed by atoms with E-state index in [1.54, 1.807) is 12.1 Å². The molecule has 1 aromatic carbocycles. The van der Waals surface area contributed by atoms with Gasteiger partial charge in [0.05, 0.1) is 5.69 Å². The Morgan fingerprint density at radius 2 is 1.88 bits per heavy atom. The summed E-state index contributed by atoms with van der Waals surface area (Å²) in [6, 6.07) is 10.3. The molecule has 0 N–H and O–H groups in total. The third kappa shape index (κ3) is 2.84. The Kier molecular flexibility index (Phi) is 4.16. The Morgan fingerprint density at radius 1 is 1.12 bits per heavy atom. The maximum Gasteiger partial charge on any atom is 0.210 e. The summed E-state index contributed by atoms with van der Waals surface area (Å²) in [5.74, 6) is 1.32. The molecule has 4 aromatic rings. The Morgan fingerprint density at radius 3 is 2.62 bits per heavy atom. The molecule has 3 aromatic heterocycles. The van der Waals surface area contributed by atoms with Gasteiger partial charge in [0.2, 0.25) is 5.13 Å². The highest BCUT2D eigenvalue weighted by atomic mass is 32.1. The summed E-state index contributed by atoms with van der Waals surface area (Å²) in [4.78, 5) is 11.4. The monoisotopic (exact) mass is 367 g/mol. The zero-order chi connectivity index (χ0) is 18.3. The van der Waals surface area contributed by atoms with Crippen molar-refractivity contribution in [3.63, 3.8) is 0 Å². The molecule has 0 fully saturated rings. The van der Waals surface area contributed by atoms with Crippen LogP contribution < -0.4 is 4.90 Å². The molecule has 0 radical (unpaired) electrons. The number of fused-ring (bicyclic) bond motifs is 1. The number of rotatable bonds is 4. The molecule has 0 aliphatic heterocycles. The van der Waals surface area contributed by atoms with Crippen molar-refractivity contribution in [2.24, 2.45) is 0 Å². The number of anilines is 2. The number of hydrogen-bond acceptors (Lipinski definition) is 5. The van der Waals surface area contributed by atoms with Gasteiger partial charge >= 0.3 is 0 Å². The highest BCUT2D eigenvalue weighted by Gasteiger charge is 2.19. The molecule has 0 saturated heterocycles. The molecule has 26 heavy (non-hydrogen) atoms. The van der Waals surface area contributed by atoms with E-state index in [2.05, 4.69) is 39.9 Å². The molecule has 7 heteroatoms. The average Bonchev–Trinajstić information content (AvgIpc) is 3.26. The van der Waals surface area contributed by atoms with Gasteiger partial charge in [-0.3, -0.25) is 4.40 Å². The Hall–Kier alpha value is -2.80. The minimum atomic E-state index is -0.269. The predicted molar refractivity (Wildman–Crippen MR) is 103 cm³/mol. The van der Waals surface area contributed by atoms with Gasteiger partial charge in [-0.15, -0.1) is 0 Å². The zero-order valence-corrected chi connectivity index (χ0v) is 15.6. The van der Waals surface area contributed by atoms with Crippen molar-refractivity contribution < 1.29 is 4.39 Å². The fourth-order valence-corrected chi connectivity index (χ4v) is 3.59. The number of halogens is 1. The molecule has 0 spiro atoms. The van der Waals surface area contributed by atoms with Crippen molar-refractivity contribution in [1.82, 2.24) is 18.7 Å². The van der Waals surface area contributed by atoms with Gasteiger partial charge < -0.3 is 4.90 Å². The van der Waals surface area contributed by atoms with Crippen LogP contribution in [-0.4, -0.2) is 25.8 Å². The molecule has 132 valence electrons. The normalized spacial score (nSPS) is 11.2. The third-order valence-electron chi connectivity index (χ3n) is 4.27. The van der Waals surface area contributed by atoms with E-state index >= 15 is 0 Å². The molecule has 0 saturated carbocycles. The number of nitrogens with zero attached hydrogens (tertiary/aromatic N) is 5. The fourth-order valence-electron chi connectivity index (χ4n) is 2.94.